The quantitative estimate of drug-likeness (QED) is 0.513. The molecule has 0 saturated heterocycles. The highest BCUT2D eigenvalue weighted by molar-refractivity contribution is 6.31. The standard InChI is InChI=1S/C19H15ClN4O3/c1-25-17-6-3-12(7-18(17)26-2)15-9-27-19(23-15)14-8-13(20)4-5-16(14)24-11-21-10-22-24/h3-11H,1-2H3. The van der Waals surface area contributed by atoms with Gasteiger partial charge in [-0.05, 0) is 36.4 Å². The molecule has 0 aliphatic heterocycles. The lowest BCUT2D eigenvalue weighted by Gasteiger charge is -2.08. The number of methoxy groups -OCH3 is 2. The van der Waals surface area contributed by atoms with E-state index in [0.717, 1.165) is 11.3 Å². The van der Waals surface area contributed by atoms with Crippen LogP contribution in [0.3, 0.4) is 0 Å². The third-order valence-corrected chi connectivity index (χ3v) is 4.27. The summed E-state index contributed by atoms with van der Waals surface area (Å²) in [4.78, 5) is 8.60. The number of nitrogens with zero attached hydrogens (tertiary/aromatic N) is 4. The molecule has 0 unspecified atom stereocenters. The van der Waals surface area contributed by atoms with Gasteiger partial charge in [0, 0.05) is 10.6 Å². The molecule has 2 aromatic heterocycles. The zero-order valence-corrected chi connectivity index (χ0v) is 15.3. The number of rotatable bonds is 5. The molecule has 0 atom stereocenters. The second-order valence-corrected chi connectivity index (χ2v) is 6.05. The fourth-order valence-corrected chi connectivity index (χ4v) is 2.91. The summed E-state index contributed by atoms with van der Waals surface area (Å²) in [6, 6.07) is 11.0. The third kappa shape index (κ3) is 3.24. The van der Waals surface area contributed by atoms with Crippen LogP contribution in [0.2, 0.25) is 5.02 Å². The van der Waals surface area contributed by atoms with E-state index < -0.39 is 0 Å². The molecule has 0 saturated carbocycles. The topological polar surface area (TPSA) is 75.2 Å². The SMILES string of the molecule is COc1ccc(-c2coc(-c3cc(Cl)ccc3-n3cncn3)n2)cc1OC. The van der Waals surface area contributed by atoms with Crippen LogP contribution in [0.15, 0.2) is 59.7 Å². The third-order valence-electron chi connectivity index (χ3n) is 4.04. The average molecular weight is 383 g/mol. The van der Waals surface area contributed by atoms with Gasteiger partial charge in [0.2, 0.25) is 5.89 Å². The lowest BCUT2D eigenvalue weighted by Crippen LogP contribution is -1.97. The highest BCUT2D eigenvalue weighted by atomic mass is 35.5. The van der Waals surface area contributed by atoms with Gasteiger partial charge in [0.25, 0.3) is 0 Å². The van der Waals surface area contributed by atoms with E-state index in [1.54, 1.807) is 43.6 Å². The summed E-state index contributed by atoms with van der Waals surface area (Å²) in [6.07, 6.45) is 4.65. The maximum absolute atomic E-state index is 6.18. The average Bonchev–Trinajstić information content (AvgIpc) is 3.39. The fourth-order valence-electron chi connectivity index (χ4n) is 2.74. The maximum Gasteiger partial charge on any atom is 0.228 e. The van der Waals surface area contributed by atoms with Gasteiger partial charge in [0.15, 0.2) is 11.5 Å². The van der Waals surface area contributed by atoms with Gasteiger partial charge in [-0.15, -0.1) is 0 Å². The largest absolute Gasteiger partial charge is 0.493 e. The van der Waals surface area contributed by atoms with Crippen LogP contribution < -0.4 is 9.47 Å². The normalized spacial score (nSPS) is 10.8. The van der Waals surface area contributed by atoms with Crippen LogP contribution >= 0.6 is 11.6 Å². The molecule has 0 bridgehead atoms. The van der Waals surface area contributed by atoms with Crippen molar-refractivity contribution in [1.29, 1.82) is 0 Å². The smallest absolute Gasteiger partial charge is 0.228 e. The Balaban J connectivity index is 1.77. The predicted octanol–water partition coefficient (Wildman–Crippen LogP) is 4.26. The van der Waals surface area contributed by atoms with Gasteiger partial charge in [-0.3, -0.25) is 0 Å². The first-order valence-electron chi connectivity index (χ1n) is 8.02. The second kappa shape index (κ2) is 7.13. The fraction of sp³-hybridized carbons (Fsp3) is 0.105. The van der Waals surface area contributed by atoms with E-state index in [1.165, 1.54) is 6.33 Å². The first-order valence-corrected chi connectivity index (χ1v) is 8.40. The van der Waals surface area contributed by atoms with Crippen LogP contribution in [0.4, 0.5) is 0 Å². The molecule has 7 nitrogen and oxygen atoms in total. The van der Waals surface area contributed by atoms with Crippen molar-refractivity contribution in [3.05, 3.63) is 60.3 Å². The van der Waals surface area contributed by atoms with Crippen LogP contribution in [0.1, 0.15) is 0 Å². The van der Waals surface area contributed by atoms with Gasteiger partial charge in [-0.1, -0.05) is 11.6 Å². The Kier molecular flexibility index (Phi) is 4.52. The molecule has 4 rings (SSSR count). The van der Waals surface area contributed by atoms with Crippen LogP contribution in [-0.4, -0.2) is 34.0 Å². The summed E-state index contributed by atoms with van der Waals surface area (Å²) in [5.74, 6) is 1.69. The van der Waals surface area contributed by atoms with E-state index in [-0.39, 0.29) is 0 Å². The number of aromatic nitrogens is 4. The van der Waals surface area contributed by atoms with Gasteiger partial charge in [0.05, 0.1) is 25.5 Å². The predicted molar refractivity (Wildman–Crippen MR) is 100 cm³/mol. The summed E-state index contributed by atoms with van der Waals surface area (Å²) in [5.41, 5.74) is 2.97. The maximum atomic E-state index is 6.18. The Morgan fingerprint density at radius 3 is 2.63 bits per heavy atom. The lowest BCUT2D eigenvalue weighted by atomic mass is 10.1. The molecule has 136 valence electrons. The molecule has 0 aliphatic carbocycles. The Bertz CT molecular complexity index is 1080. The van der Waals surface area contributed by atoms with Crippen LogP contribution in [0.5, 0.6) is 11.5 Å². The highest BCUT2D eigenvalue weighted by Gasteiger charge is 2.16. The number of hydrogen-bond acceptors (Lipinski definition) is 6. The van der Waals surface area contributed by atoms with Gasteiger partial charge >= 0.3 is 0 Å². The number of oxazole rings is 1. The minimum absolute atomic E-state index is 0.424. The van der Waals surface area contributed by atoms with Crippen molar-refractivity contribution < 1.29 is 13.9 Å². The van der Waals surface area contributed by atoms with E-state index in [9.17, 15) is 0 Å². The Morgan fingerprint density at radius 2 is 1.89 bits per heavy atom. The Morgan fingerprint density at radius 1 is 1.04 bits per heavy atom. The monoisotopic (exact) mass is 382 g/mol. The van der Waals surface area contributed by atoms with Gasteiger partial charge in [0.1, 0.15) is 24.6 Å². The molecular weight excluding hydrogens is 368 g/mol. The molecule has 0 fully saturated rings. The number of halogens is 1. The highest BCUT2D eigenvalue weighted by Crippen LogP contribution is 2.34. The number of ether oxygens (including phenoxy) is 2. The van der Waals surface area contributed by atoms with Crippen molar-refractivity contribution in [3.63, 3.8) is 0 Å². The van der Waals surface area contributed by atoms with E-state index >= 15 is 0 Å². The van der Waals surface area contributed by atoms with Gasteiger partial charge in [-0.2, -0.15) is 5.10 Å². The van der Waals surface area contributed by atoms with Crippen molar-refractivity contribution in [2.45, 2.75) is 0 Å². The molecule has 2 heterocycles. The molecule has 27 heavy (non-hydrogen) atoms. The summed E-state index contributed by atoms with van der Waals surface area (Å²) >= 11 is 6.18. The summed E-state index contributed by atoms with van der Waals surface area (Å²) in [7, 11) is 3.18. The summed E-state index contributed by atoms with van der Waals surface area (Å²) in [6.45, 7) is 0. The van der Waals surface area contributed by atoms with E-state index in [1.807, 2.05) is 24.3 Å². The number of benzene rings is 2. The van der Waals surface area contributed by atoms with Crippen LogP contribution in [0.25, 0.3) is 28.4 Å². The first kappa shape index (κ1) is 17.1. The molecule has 0 N–H and O–H groups in total. The molecular formula is C19H15ClN4O3. The molecule has 8 heteroatoms. The molecule has 0 aliphatic rings. The zero-order valence-electron chi connectivity index (χ0n) is 14.6. The van der Waals surface area contributed by atoms with Crippen molar-refractivity contribution in [2.75, 3.05) is 14.2 Å². The molecule has 4 aromatic rings. The lowest BCUT2D eigenvalue weighted by molar-refractivity contribution is 0.355. The molecule has 0 amide bonds. The Labute approximate surface area is 160 Å². The van der Waals surface area contributed by atoms with Gasteiger partial charge < -0.3 is 13.9 Å². The molecule has 0 radical (unpaired) electrons. The minimum Gasteiger partial charge on any atom is -0.493 e. The first-order chi connectivity index (χ1) is 13.2. The Hall–Kier alpha value is -3.32. The van der Waals surface area contributed by atoms with E-state index in [0.29, 0.717) is 33.7 Å². The van der Waals surface area contributed by atoms with Crippen molar-refractivity contribution in [3.8, 4) is 39.9 Å². The second-order valence-electron chi connectivity index (χ2n) is 5.61. The molecule has 2 aromatic carbocycles. The molecule has 0 spiro atoms. The summed E-state index contributed by atoms with van der Waals surface area (Å²) in [5, 5.41) is 4.74. The van der Waals surface area contributed by atoms with Crippen molar-refractivity contribution >= 4 is 11.6 Å². The van der Waals surface area contributed by atoms with Crippen LogP contribution in [0, 0.1) is 0 Å². The zero-order chi connectivity index (χ0) is 18.8. The number of hydrogen-bond donors (Lipinski definition) is 0. The van der Waals surface area contributed by atoms with Crippen molar-refractivity contribution in [1.82, 2.24) is 19.7 Å². The van der Waals surface area contributed by atoms with Gasteiger partial charge in [-0.25, -0.2) is 14.6 Å². The van der Waals surface area contributed by atoms with Crippen molar-refractivity contribution in [2.24, 2.45) is 0 Å². The van der Waals surface area contributed by atoms with E-state index in [2.05, 4.69) is 15.1 Å². The van der Waals surface area contributed by atoms with Crippen LogP contribution in [-0.2, 0) is 0 Å². The minimum atomic E-state index is 0.424. The van der Waals surface area contributed by atoms with E-state index in [4.69, 9.17) is 25.5 Å². The summed E-state index contributed by atoms with van der Waals surface area (Å²) < 4.78 is 18.0.